The fourth-order valence-electron chi connectivity index (χ4n) is 2.48. The Morgan fingerprint density at radius 1 is 1.24 bits per heavy atom. The minimum Gasteiger partial charge on any atom is -0.497 e. The van der Waals surface area contributed by atoms with E-state index in [1.54, 1.807) is 7.11 Å². The summed E-state index contributed by atoms with van der Waals surface area (Å²) in [5.41, 5.74) is 1.19. The second-order valence-electron chi connectivity index (χ2n) is 4.85. The predicted octanol–water partition coefficient (Wildman–Crippen LogP) is 2.09. The minimum absolute atomic E-state index is 0.0417. The van der Waals surface area contributed by atoms with E-state index >= 15 is 0 Å². The van der Waals surface area contributed by atoms with Crippen LogP contribution in [-0.2, 0) is 6.54 Å². The van der Waals surface area contributed by atoms with Gasteiger partial charge in [0.15, 0.2) is 0 Å². The first-order valence-corrected chi connectivity index (χ1v) is 6.27. The Bertz CT molecular complexity index is 342. The highest BCUT2D eigenvalue weighted by Gasteiger charge is 2.32. The average molecular weight is 235 g/mol. The van der Waals surface area contributed by atoms with Gasteiger partial charge in [-0.25, -0.2) is 0 Å². The standard InChI is InChI=1S/C14H21NO2/c1-17-13-6-4-12(5-7-13)10-15-14(11-16)8-2-3-9-14/h4-7,15-16H,2-3,8-11H2,1H3. The fourth-order valence-corrected chi connectivity index (χ4v) is 2.48. The SMILES string of the molecule is COc1ccc(CNC2(CO)CCCC2)cc1. The van der Waals surface area contributed by atoms with Crippen molar-refractivity contribution < 1.29 is 9.84 Å². The first-order chi connectivity index (χ1) is 8.28. The van der Waals surface area contributed by atoms with Crippen molar-refractivity contribution >= 4 is 0 Å². The van der Waals surface area contributed by atoms with E-state index in [1.807, 2.05) is 12.1 Å². The Kier molecular flexibility index (Phi) is 4.02. The molecule has 17 heavy (non-hydrogen) atoms. The molecule has 0 unspecified atom stereocenters. The molecule has 0 amide bonds. The van der Waals surface area contributed by atoms with Crippen molar-refractivity contribution in [3.05, 3.63) is 29.8 Å². The molecular weight excluding hydrogens is 214 g/mol. The zero-order chi connectivity index (χ0) is 12.1. The summed E-state index contributed by atoms with van der Waals surface area (Å²) in [6.45, 7) is 1.05. The van der Waals surface area contributed by atoms with E-state index in [4.69, 9.17) is 4.74 Å². The highest BCUT2D eigenvalue weighted by Crippen LogP contribution is 2.29. The van der Waals surface area contributed by atoms with Crippen molar-refractivity contribution in [3.63, 3.8) is 0 Å². The molecule has 3 nitrogen and oxygen atoms in total. The smallest absolute Gasteiger partial charge is 0.118 e. The molecule has 1 aromatic rings. The fraction of sp³-hybridized carbons (Fsp3) is 0.571. The molecule has 0 heterocycles. The number of methoxy groups -OCH3 is 1. The second-order valence-corrected chi connectivity index (χ2v) is 4.85. The van der Waals surface area contributed by atoms with E-state index in [1.165, 1.54) is 18.4 Å². The molecule has 0 bridgehead atoms. The van der Waals surface area contributed by atoms with Crippen LogP contribution in [0.4, 0.5) is 0 Å². The molecule has 1 aliphatic carbocycles. The van der Waals surface area contributed by atoms with Crippen molar-refractivity contribution in [1.29, 1.82) is 0 Å². The molecule has 2 N–H and O–H groups in total. The molecule has 3 heteroatoms. The predicted molar refractivity (Wildman–Crippen MR) is 68.1 cm³/mol. The Labute approximate surface area is 103 Å². The summed E-state index contributed by atoms with van der Waals surface area (Å²) in [7, 11) is 1.67. The van der Waals surface area contributed by atoms with Crippen LogP contribution >= 0.6 is 0 Å². The first-order valence-electron chi connectivity index (χ1n) is 6.27. The third kappa shape index (κ3) is 2.99. The van der Waals surface area contributed by atoms with Gasteiger partial charge in [-0.1, -0.05) is 25.0 Å². The molecular formula is C14H21NO2. The quantitative estimate of drug-likeness (QED) is 0.821. The summed E-state index contributed by atoms with van der Waals surface area (Å²) in [5.74, 6) is 0.881. The molecule has 1 fully saturated rings. The third-order valence-electron chi connectivity index (χ3n) is 3.69. The lowest BCUT2D eigenvalue weighted by atomic mass is 9.98. The molecule has 0 saturated heterocycles. The highest BCUT2D eigenvalue weighted by atomic mass is 16.5. The average Bonchev–Trinajstić information content (AvgIpc) is 2.86. The summed E-state index contributed by atoms with van der Waals surface area (Å²) in [6, 6.07) is 8.06. The summed E-state index contributed by atoms with van der Waals surface area (Å²) in [5, 5.41) is 13.0. The summed E-state index contributed by atoms with van der Waals surface area (Å²) >= 11 is 0. The van der Waals surface area contributed by atoms with Gasteiger partial charge in [-0.3, -0.25) is 0 Å². The van der Waals surface area contributed by atoms with Crippen molar-refractivity contribution in [2.75, 3.05) is 13.7 Å². The number of hydrogen-bond donors (Lipinski definition) is 2. The van der Waals surface area contributed by atoms with E-state index in [2.05, 4.69) is 17.4 Å². The number of hydrogen-bond acceptors (Lipinski definition) is 3. The van der Waals surface area contributed by atoms with Crippen LogP contribution < -0.4 is 10.1 Å². The topological polar surface area (TPSA) is 41.5 Å². The van der Waals surface area contributed by atoms with Crippen molar-refractivity contribution in [1.82, 2.24) is 5.32 Å². The molecule has 0 radical (unpaired) electrons. The maximum absolute atomic E-state index is 9.49. The minimum atomic E-state index is -0.0417. The monoisotopic (exact) mass is 235 g/mol. The normalized spacial score (nSPS) is 18.2. The molecule has 94 valence electrons. The highest BCUT2D eigenvalue weighted by molar-refractivity contribution is 5.27. The zero-order valence-corrected chi connectivity index (χ0v) is 10.4. The van der Waals surface area contributed by atoms with Gasteiger partial charge >= 0.3 is 0 Å². The van der Waals surface area contributed by atoms with Gasteiger partial charge in [0, 0.05) is 12.1 Å². The van der Waals surface area contributed by atoms with Gasteiger partial charge < -0.3 is 15.2 Å². The number of ether oxygens (including phenoxy) is 1. The molecule has 0 spiro atoms. The van der Waals surface area contributed by atoms with Crippen LogP contribution in [0.2, 0.25) is 0 Å². The van der Waals surface area contributed by atoms with Gasteiger partial charge in [-0.15, -0.1) is 0 Å². The number of benzene rings is 1. The number of nitrogens with one attached hydrogen (secondary N) is 1. The van der Waals surface area contributed by atoms with E-state index < -0.39 is 0 Å². The van der Waals surface area contributed by atoms with Gasteiger partial charge in [0.25, 0.3) is 0 Å². The summed E-state index contributed by atoms with van der Waals surface area (Å²) < 4.78 is 5.13. The maximum Gasteiger partial charge on any atom is 0.118 e. The Morgan fingerprint density at radius 2 is 1.88 bits per heavy atom. The van der Waals surface area contributed by atoms with Crippen LogP contribution in [0.5, 0.6) is 5.75 Å². The van der Waals surface area contributed by atoms with Crippen LogP contribution in [0.25, 0.3) is 0 Å². The molecule has 1 aromatic carbocycles. The van der Waals surface area contributed by atoms with Crippen LogP contribution in [-0.4, -0.2) is 24.4 Å². The van der Waals surface area contributed by atoms with Crippen LogP contribution in [0, 0.1) is 0 Å². The Hall–Kier alpha value is -1.06. The molecule has 0 atom stereocenters. The number of aliphatic hydroxyl groups excluding tert-OH is 1. The Morgan fingerprint density at radius 3 is 2.41 bits per heavy atom. The molecule has 0 aliphatic heterocycles. The van der Waals surface area contributed by atoms with Crippen LogP contribution in [0.15, 0.2) is 24.3 Å². The number of rotatable bonds is 5. The molecule has 1 saturated carbocycles. The van der Waals surface area contributed by atoms with E-state index in [0.29, 0.717) is 0 Å². The maximum atomic E-state index is 9.49. The summed E-state index contributed by atoms with van der Waals surface area (Å²) in [4.78, 5) is 0. The molecule has 0 aromatic heterocycles. The lowest BCUT2D eigenvalue weighted by Gasteiger charge is -2.28. The van der Waals surface area contributed by atoms with Gasteiger partial charge in [0.2, 0.25) is 0 Å². The van der Waals surface area contributed by atoms with Crippen molar-refractivity contribution in [3.8, 4) is 5.75 Å². The third-order valence-corrected chi connectivity index (χ3v) is 3.69. The van der Waals surface area contributed by atoms with Crippen LogP contribution in [0.1, 0.15) is 31.2 Å². The number of aliphatic hydroxyl groups is 1. The van der Waals surface area contributed by atoms with Gasteiger partial charge in [0.05, 0.1) is 13.7 Å². The van der Waals surface area contributed by atoms with Crippen molar-refractivity contribution in [2.45, 2.75) is 37.8 Å². The van der Waals surface area contributed by atoms with Gasteiger partial charge in [-0.05, 0) is 30.5 Å². The van der Waals surface area contributed by atoms with E-state index in [0.717, 1.165) is 25.1 Å². The van der Waals surface area contributed by atoms with Crippen LogP contribution in [0.3, 0.4) is 0 Å². The Balaban J connectivity index is 1.92. The second kappa shape index (κ2) is 5.52. The van der Waals surface area contributed by atoms with E-state index in [9.17, 15) is 5.11 Å². The summed E-state index contributed by atoms with van der Waals surface area (Å²) in [6.07, 6.45) is 4.60. The molecule has 2 rings (SSSR count). The largest absolute Gasteiger partial charge is 0.497 e. The molecule has 1 aliphatic rings. The lowest BCUT2D eigenvalue weighted by molar-refractivity contribution is 0.163. The van der Waals surface area contributed by atoms with Crippen molar-refractivity contribution in [2.24, 2.45) is 0 Å². The first kappa shape index (κ1) is 12.4. The van der Waals surface area contributed by atoms with Gasteiger partial charge in [0.1, 0.15) is 5.75 Å². The zero-order valence-electron chi connectivity index (χ0n) is 10.4. The van der Waals surface area contributed by atoms with Gasteiger partial charge in [-0.2, -0.15) is 0 Å². The van der Waals surface area contributed by atoms with E-state index in [-0.39, 0.29) is 12.1 Å². The lowest BCUT2D eigenvalue weighted by Crippen LogP contribution is -2.45.